The SMILES string of the molecule is CC(C)(C)NS(=O)(=O)c1ccccc1-c1ccc(NC(=O)c2cc(C(F)(F)F)nn2-c2cccc(C(N)=[NH2+])c2)c(F)c1.O=C([O-])C(F)(F)F. The van der Waals surface area contributed by atoms with Crippen LogP contribution in [0.1, 0.15) is 42.5 Å². The molecule has 4 rings (SSSR count). The fourth-order valence-corrected chi connectivity index (χ4v) is 5.71. The highest BCUT2D eigenvalue weighted by Gasteiger charge is 2.36. The lowest BCUT2D eigenvalue weighted by atomic mass is 10.0. The van der Waals surface area contributed by atoms with E-state index in [9.17, 15) is 39.6 Å². The molecule has 0 aliphatic rings. The van der Waals surface area contributed by atoms with E-state index in [1.165, 1.54) is 54.6 Å². The Kier molecular flexibility index (Phi) is 10.9. The monoisotopic (exact) mass is 716 g/mol. The molecule has 0 atom stereocenters. The number of aliphatic carboxylic acids is 1. The predicted octanol–water partition coefficient (Wildman–Crippen LogP) is 2.79. The first-order valence-corrected chi connectivity index (χ1v) is 15.1. The van der Waals surface area contributed by atoms with Gasteiger partial charge in [0.2, 0.25) is 10.0 Å². The number of hydrogen-bond donors (Lipinski definition) is 4. The van der Waals surface area contributed by atoms with E-state index in [-0.39, 0.29) is 33.2 Å². The zero-order valence-corrected chi connectivity index (χ0v) is 26.4. The molecule has 0 fully saturated rings. The summed E-state index contributed by atoms with van der Waals surface area (Å²) in [5.41, 5.74) is 3.32. The average Bonchev–Trinajstić information content (AvgIpc) is 3.44. The summed E-state index contributed by atoms with van der Waals surface area (Å²) in [6.45, 7) is 5.03. The molecule has 11 nitrogen and oxygen atoms in total. The minimum atomic E-state index is -5.19. The molecule has 0 spiro atoms. The number of carboxylic acid groups (broad SMARTS) is 1. The molecule has 262 valence electrons. The number of carbonyl (C=O) groups is 2. The van der Waals surface area contributed by atoms with Crippen LogP contribution >= 0.6 is 0 Å². The van der Waals surface area contributed by atoms with Gasteiger partial charge in [-0.3, -0.25) is 15.9 Å². The van der Waals surface area contributed by atoms with Gasteiger partial charge in [0.05, 0.1) is 21.8 Å². The van der Waals surface area contributed by atoms with Crippen molar-refractivity contribution in [2.45, 2.75) is 43.6 Å². The molecule has 0 saturated carbocycles. The van der Waals surface area contributed by atoms with Crippen LogP contribution in [0, 0.1) is 5.82 Å². The lowest BCUT2D eigenvalue weighted by molar-refractivity contribution is -0.344. The molecule has 1 amide bonds. The van der Waals surface area contributed by atoms with Crippen molar-refractivity contribution in [2.24, 2.45) is 5.73 Å². The summed E-state index contributed by atoms with van der Waals surface area (Å²) in [7, 11) is -3.99. The molecule has 3 aromatic carbocycles. The number of hydrogen-bond acceptors (Lipinski definition) is 6. The molecule has 0 aliphatic carbocycles. The van der Waals surface area contributed by atoms with E-state index in [2.05, 4.69) is 15.1 Å². The summed E-state index contributed by atoms with van der Waals surface area (Å²) in [5.74, 6) is -5.15. The first-order chi connectivity index (χ1) is 22.4. The molecule has 49 heavy (non-hydrogen) atoms. The van der Waals surface area contributed by atoms with E-state index in [0.717, 1.165) is 10.7 Å². The number of carboxylic acids is 1. The minimum absolute atomic E-state index is 0.0547. The second-order valence-corrected chi connectivity index (χ2v) is 12.8. The Balaban J connectivity index is 0.000000838. The Labute approximate surface area is 274 Å². The number of alkyl halides is 6. The zero-order chi connectivity index (χ0) is 37.1. The van der Waals surface area contributed by atoms with Crippen LogP contribution in [-0.4, -0.2) is 47.6 Å². The maximum atomic E-state index is 15.3. The number of amidine groups is 1. The van der Waals surface area contributed by atoms with Gasteiger partial charge in [-0.2, -0.15) is 31.4 Å². The molecule has 1 heterocycles. The number of rotatable bonds is 7. The predicted molar refractivity (Wildman–Crippen MR) is 160 cm³/mol. The molecule has 0 bridgehead atoms. The number of halogens is 7. The van der Waals surface area contributed by atoms with E-state index in [4.69, 9.17) is 21.0 Å². The van der Waals surface area contributed by atoms with E-state index >= 15 is 4.39 Å². The van der Waals surface area contributed by atoms with Crippen LogP contribution in [-0.2, 0) is 21.0 Å². The number of sulfonamides is 1. The number of nitrogens with two attached hydrogens (primary N) is 2. The maximum Gasteiger partial charge on any atom is 0.435 e. The quantitative estimate of drug-likeness (QED) is 0.129. The van der Waals surface area contributed by atoms with Gasteiger partial charge in [0.15, 0.2) is 5.69 Å². The van der Waals surface area contributed by atoms with Gasteiger partial charge in [-0.1, -0.05) is 30.3 Å². The summed E-state index contributed by atoms with van der Waals surface area (Å²) in [6.07, 6.45) is -10.1. The summed E-state index contributed by atoms with van der Waals surface area (Å²) in [6, 6.07) is 15.8. The van der Waals surface area contributed by atoms with Crippen molar-refractivity contribution >= 4 is 33.4 Å². The molecule has 6 N–H and O–H groups in total. The number of benzene rings is 3. The number of nitrogens with one attached hydrogen (secondary N) is 2. The number of aromatic nitrogens is 2. The van der Waals surface area contributed by atoms with Crippen LogP contribution in [0.4, 0.5) is 36.4 Å². The standard InChI is InChI=1S/C28H26F4N6O3S.C2HF3O2/c1-27(2,3)37-42(40,41)23-10-5-4-9-19(23)16-11-12-21(20(29)14-16)35-26(39)22-15-24(28(30,31)32)36-38(22)18-8-6-7-17(13-18)25(33)34;3-2(4,5)1(6)7/h4-15,37H,1-3H3,(H3,33,34)(H,35,39);(H,6,7). The van der Waals surface area contributed by atoms with E-state index < -0.39 is 57.0 Å². The number of nitrogens with zero attached hydrogens (tertiary/aromatic N) is 2. The first-order valence-electron chi connectivity index (χ1n) is 13.6. The third-order valence-electron chi connectivity index (χ3n) is 6.03. The third-order valence-corrected chi connectivity index (χ3v) is 7.85. The molecular weight excluding hydrogens is 689 g/mol. The maximum absolute atomic E-state index is 15.3. The van der Waals surface area contributed by atoms with E-state index in [1.54, 1.807) is 26.8 Å². The van der Waals surface area contributed by atoms with Gasteiger partial charge in [0.1, 0.15) is 17.5 Å². The van der Waals surface area contributed by atoms with Gasteiger partial charge in [0, 0.05) is 17.2 Å². The number of carbonyl (C=O) groups excluding carboxylic acids is 2. The zero-order valence-electron chi connectivity index (χ0n) is 25.6. The summed E-state index contributed by atoms with van der Waals surface area (Å²) in [4.78, 5) is 21.8. The van der Waals surface area contributed by atoms with Crippen molar-refractivity contribution in [1.82, 2.24) is 14.5 Å². The van der Waals surface area contributed by atoms with Crippen LogP contribution in [0.2, 0.25) is 0 Å². The minimum Gasteiger partial charge on any atom is -0.542 e. The Morgan fingerprint density at radius 3 is 2.06 bits per heavy atom. The molecule has 0 saturated heterocycles. The van der Waals surface area contributed by atoms with Crippen LogP contribution in [0.25, 0.3) is 16.8 Å². The van der Waals surface area contributed by atoms with E-state index in [0.29, 0.717) is 11.6 Å². The van der Waals surface area contributed by atoms with Crippen molar-refractivity contribution in [2.75, 3.05) is 5.32 Å². The van der Waals surface area contributed by atoms with Gasteiger partial charge < -0.3 is 15.2 Å². The molecule has 0 radical (unpaired) electrons. The van der Waals surface area contributed by atoms with Gasteiger partial charge in [-0.15, -0.1) is 0 Å². The second-order valence-electron chi connectivity index (χ2n) is 11.1. The molecule has 0 unspecified atom stereocenters. The lowest BCUT2D eigenvalue weighted by Crippen LogP contribution is -2.46. The highest BCUT2D eigenvalue weighted by atomic mass is 32.2. The molecule has 19 heteroatoms. The Bertz CT molecular complexity index is 2000. The van der Waals surface area contributed by atoms with E-state index in [1.807, 2.05) is 0 Å². The molecular formula is C30H27F7N6O5S. The Morgan fingerprint density at radius 2 is 1.53 bits per heavy atom. The van der Waals surface area contributed by atoms with Gasteiger partial charge >= 0.3 is 12.4 Å². The average molecular weight is 717 g/mol. The van der Waals surface area contributed by atoms with Crippen molar-refractivity contribution in [3.63, 3.8) is 0 Å². The topological polar surface area (TPSA) is 185 Å². The lowest BCUT2D eigenvalue weighted by Gasteiger charge is -2.21. The Morgan fingerprint density at radius 1 is 0.918 bits per heavy atom. The third kappa shape index (κ3) is 9.86. The van der Waals surface area contributed by atoms with Crippen LogP contribution in [0.3, 0.4) is 0 Å². The number of amides is 1. The summed E-state index contributed by atoms with van der Waals surface area (Å²) in [5, 5.41) is 20.2. The van der Waals surface area contributed by atoms with Crippen molar-refractivity contribution < 1.29 is 59.3 Å². The largest absolute Gasteiger partial charge is 0.542 e. The first kappa shape index (κ1) is 38.2. The van der Waals surface area contributed by atoms with Crippen molar-refractivity contribution in [3.05, 3.63) is 95.6 Å². The molecule has 0 aliphatic heterocycles. The Hall–Kier alpha value is -5.30. The van der Waals surface area contributed by atoms with Gasteiger partial charge in [-0.25, -0.2) is 22.2 Å². The van der Waals surface area contributed by atoms with Crippen molar-refractivity contribution in [3.8, 4) is 16.8 Å². The second kappa shape index (κ2) is 14.0. The van der Waals surface area contributed by atoms with Gasteiger partial charge in [0.25, 0.3) is 11.7 Å². The highest BCUT2D eigenvalue weighted by molar-refractivity contribution is 7.89. The fraction of sp³-hybridized carbons (Fsp3) is 0.200. The fourth-order valence-electron chi connectivity index (χ4n) is 4.06. The van der Waals surface area contributed by atoms with Gasteiger partial charge in [-0.05, 0) is 62.7 Å². The smallest absolute Gasteiger partial charge is 0.435 e. The van der Waals surface area contributed by atoms with Crippen LogP contribution < -0.4 is 26.3 Å². The normalized spacial score (nSPS) is 12.1. The highest BCUT2D eigenvalue weighted by Crippen LogP contribution is 2.32. The van der Waals surface area contributed by atoms with Crippen LogP contribution in [0.15, 0.2) is 77.7 Å². The molecule has 4 aromatic rings. The van der Waals surface area contributed by atoms with Crippen LogP contribution in [0.5, 0.6) is 0 Å². The molecule has 1 aromatic heterocycles. The number of anilines is 1. The van der Waals surface area contributed by atoms with Crippen molar-refractivity contribution in [1.29, 1.82) is 0 Å². The summed E-state index contributed by atoms with van der Waals surface area (Å²) < 4.78 is 117. The summed E-state index contributed by atoms with van der Waals surface area (Å²) >= 11 is 0.